The lowest BCUT2D eigenvalue weighted by atomic mass is 9.97. The number of nitrogens with one attached hydrogen (secondary N) is 2. The zero-order valence-corrected chi connectivity index (χ0v) is 17.8. The monoisotopic (exact) mass is 432 g/mol. The Morgan fingerprint density at radius 2 is 2.19 bits per heavy atom. The molecular weight excluding hydrogens is 404 g/mol. The van der Waals surface area contributed by atoms with Gasteiger partial charge in [0.1, 0.15) is 12.4 Å². The van der Waals surface area contributed by atoms with Gasteiger partial charge in [-0.3, -0.25) is 0 Å². The smallest absolute Gasteiger partial charge is 0.191 e. The van der Waals surface area contributed by atoms with E-state index in [9.17, 15) is 0 Å². The van der Waals surface area contributed by atoms with E-state index in [1.807, 2.05) is 0 Å². The zero-order chi connectivity index (χ0) is 19.1. The Kier molecular flexibility index (Phi) is 7.26. The van der Waals surface area contributed by atoms with Gasteiger partial charge in [-0.05, 0) is 43.4 Å². The number of rotatable bonds is 8. The summed E-state index contributed by atoms with van der Waals surface area (Å²) in [5.74, 6) is 3.46. The van der Waals surface area contributed by atoms with Gasteiger partial charge in [0.05, 0.1) is 0 Å². The second-order valence-corrected chi connectivity index (χ2v) is 7.89. The summed E-state index contributed by atoms with van der Waals surface area (Å²) in [5.41, 5.74) is 1.36. The summed E-state index contributed by atoms with van der Waals surface area (Å²) in [6.45, 7) is 7.64. The van der Waals surface area contributed by atoms with Crippen LogP contribution in [-0.4, -0.2) is 33.8 Å². The topological polar surface area (TPSA) is 67.1 Å². The van der Waals surface area contributed by atoms with Crippen molar-refractivity contribution in [2.75, 3.05) is 13.1 Å². The molecule has 0 spiro atoms. The van der Waals surface area contributed by atoms with E-state index in [2.05, 4.69) is 79.4 Å². The van der Waals surface area contributed by atoms with Crippen molar-refractivity contribution < 1.29 is 0 Å². The molecule has 0 amide bonds. The fourth-order valence-electron chi connectivity index (χ4n) is 3.42. The Balaban J connectivity index is 1.57. The maximum atomic E-state index is 4.72. The van der Waals surface area contributed by atoms with E-state index in [1.54, 1.807) is 0 Å². The van der Waals surface area contributed by atoms with Crippen molar-refractivity contribution in [2.45, 2.75) is 52.6 Å². The van der Waals surface area contributed by atoms with Gasteiger partial charge < -0.3 is 15.2 Å². The first kappa shape index (κ1) is 19.9. The number of fused-ring (bicyclic) bond motifs is 1. The first-order valence-electron chi connectivity index (χ1n) is 9.87. The molecule has 0 bridgehead atoms. The summed E-state index contributed by atoms with van der Waals surface area (Å²) in [7, 11) is 0. The summed E-state index contributed by atoms with van der Waals surface area (Å²) in [6, 6.07) is 8.56. The highest BCUT2D eigenvalue weighted by atomic mass is 79.9. The minimum atomic E-state index is 0.556. The van der Waals surface area contributed by atoms with Gasteiger partial charge in [-0.25, -0.2) is 4.99 Å². The number of aromatic nitrogens is 3. The third-order valence-corrected chi connectivity index (χ3v) is 5.45. The highest BCUT2D eigenvalue weighted by Gasteiger charge is 2.17. The van der Waals surface area contributed by atoms with Crippen molar-refractivity contribution in [3.05, 3.63) is 46.0 Å². The number of benzene rings is 1. The van der Waals surface area contributed by atoms with Crippen molar-refractivity contribution in [3.8, 4) is 0 Å². The Labute approximate surface area is 170 Å². The van der Waals surface area contributed by atoms with Crippen LogP contribution in [0.3, 0.4) is 0 Å². The van der Waals surface area contributed by atoms with E-state index in [-0.39, 0.29) is 0 Å². The van der Waals surface area contributed by atoms with Crippen LogP contribution in [0.1, 0.15) is 43.9 Å². The lowest BCUT2D eigenvalue weighted by Gasteiger charge is -2.18. The highest BCUT2D eigenvalue weighted by Crippen LogP contribution is 2.17. The average molecular weight is 433 g/mol. The second-order valence-electron chi connectivity index (χ2n) is 6.97. The molecule has 0 saturated carbocycles. The number of halogens is 1. The highest BCUT2D eigenvalue weighted by molar-refractivity contribution is 9.10. The van der Waals surface area contributed by atoms with E-state index in [1.165, 1.54) is 5.56 Å². The van der Waals surface area contributed by atoms with E-state index in [0.717, 1.165) is 67.4 Å². The molecule has 2 N–H and O–H groups in total. The van der Waals surface area contributed by atoms with Crippen LogP contribution in [0.5, 0.6) is 0 Å². The van der Waals surface area contributed by atoms with Crippen molar-refractivity contribution in [3.63, 3.8) is 0 Å². The Bertz CT molecular complexity index is 770. The van der Waals surface area contributed by atoms with Crippen LogP contribution < -0.4 is 10.6 Å². The van der Waals surface area contributed by atoms with Crippen molar-refractivity contribution in [2.24, 2.45) is 10.9 Å². The van der Waals surface area contributed by atoms with Gasteiger partial charge in [0.2, 0.25) is 0 Å². The minimum Gasteiger partial charge on any atom is -0.357 e. The van der Waals surface area contributed by atoms with E-state index >= 15 is 0 Å². The molecular formula is C20H29BrN6. The standard InChI is InChI=1S/C20H29BrN6/c1-3-15(11-16-7-5-8-17(21)12-16)13-23-20(22-4-2)24-14-19-26-25-18-9-6-10-27(18)19/h5,7-8,12,15H,3-4,6,9-11,13-14H2,1-2H3,(H2,22,23,24). The maximum Gasteiger partial charge on any atom is 0.191 e. The number of aryl methyl sites for hydroxylation is 1. The third kappa shape index (κ3) is 5.54. The molecule has 1 unspecified atom stereocenters. The first-order valence-corrected chi connectivity index (χ1v) is 10.7. The third-order valence-electron chi connectivity index (χ3n) is 4.96. The molecule has 6 nitrogen and oxygen atoms in total. The average Bonchev–Trinajstić information content (AvgIpc) is 3.27. The molecule has 1 aliphatic heterocycles. The largest absolute Gasteiger partial charge is 0.357 e. The molecule has 0 fully saturated rings. The van der Waals surface area contributed by atoms with Crippen molar-refractivity contribution in [1.82, 2.24) is 25.4 Å². The molecule has 1 aromatic heterocycles. The fraction of sp³-hybridized carbons (Fsp3) is 0.550. The molecule has 146 valence electrons. The molecule has 3 rings (SSSR count). The van der Waals surface area contributed by atoms with Gasteiger partial charge in [-0.2, -0.15) is 0 Å². The molecule has 1 aromatic carbocycles. The fourth-order valence-corrected chi connectivity index (χ4v) is 3.86. The Morgan fingerprint density at radius 1 is 1.30 bits per heavy atom. The Hall–Kier alpha value is -1.89. The number of aliphatic imine (C=N–C) groups is 1. The van der Waals surface area contributed by atoms with E-state index in [4.69, 9.17) is 4.99 Å². The summed E-state index contributed by atoms with van der Waals surface area (Å²) in [4.78, 5) is 4.72. The number of nitrogens with zero attached hydrogens (tertiary/aromatic N) is 4. The summed E-state index contributed by atoms with van der Waals surface area (Å²) in [5, 5.41) is 15.4. The predicted octanol–water partition coefficient (Wildman–Crippen LogP) is 3.31. The van der Waals surface area contributed by atoms with Gasteiger partial charge in [0, 0.05) is 30.5 Å². The Morgan fingerprint density at radius 3 is 2.96 bits per heavy atom. The summed E-state index contributed by atoms with van der Waals surface area (Å²) >= 11 is 3.56. The molecule has 2 aromatic rings. The second kappa shape index (κ2) is 9.88. The molecule has 2 heterocycles. The minimum absolute atomic E-state index is 0.556. The zero-order valence-electron chi connectivity index (χ0n) is 16.2. The predicted molar refractivity (Wildman–Crippen MR) is 113 cm³/mol. The van der Waals surface area contributed by atoms with Crippen molar-refractivity contribution in [1.29, 1.82) is 0 Å². The number of hydrogen-bond acceptors (Lipinski definition) is 3. The number of guanidine groups is 1. The molecule has 0 aliphatic carbocycles. The lowest BCUT2D eigenvalue weighted by molar-refractivity contribution is 0.493. The lowest BCUT2D eigenvalue weighted by Crippen LogP contribution is -2.40. The van der Waals surface area contributed by atoms with Crippen LogP contribution in [0.25, 0.3) is 0 Å². The van der Waals surface area contributed by atoms with Gasteiger partial charge >= 0.3 is 0 Å². The molecule has 1 aliphatic rings. The van der Waals surface area contributed by atoms with Crippen molar-refractivity contribution >= 4 is 21.9 Å². The van der Waals surface area contributed by atoms with E-state index in [0.29, 0.717) is 12.5 Å². The van der Waals surface area contributed by atoms with Crippen LogP contribution in [0.15, 0.2) is 33.7 Å². The van der Waals surface area contributed by atoms with Crippen LogP contribution in [0.4, 0.5) is 0 Å². The molecule has 0 radical (unpaired) electrons. The van der Waals surface area contributed by atoms with Crippen LogP contribution in [-0.2, 0) is 25.9 Å². The van der Waals surface area contributed by atoms with Crippen LogP contribution in [0, 0.1) is 5.92 Å². The molecule has 1 atom stereocenters. The molecule has 27 heavy (non-hydrogen) atoms. The van der Waals surface area contributed by atoms with Crippen LogP contribution >= 0.6 is 15.9 Å². The summed E-state index contributed by atoms with van der Waals surface area (Å²) < 4.78 is 3.34. The van der Waals surface area contributed by atoms with Crippen LogP contribution in [0.2, 0.25) is 0 Å². The van der Waals surface area contributed by atoms with Gasteiger partial charge in [-0.1, -0.05) is 41.4 Å². The quantitative estimate of drug-likeness (QED) is 0.495. The summed E-state index contributed by atoms with van der Waals surface area (Å²) in [6.07, 6.45) is 4.37. The first-order chi connectivity index (χ1) is 13.2. The van der Waals surface area contributed by atoms with Gasteiger partial charge in [0.25, 0.3) is 0 Å². The maximum absolute atomic E-state index is 4.72. The van der Waals surface area contributed by atoms with Gasteiger partial charge in [-0.15, -0.1) is 10.2 Å². The normalized spacial score (nSPS) is 14.9. The van der Waals surface area contributed by atoms with Gasteiger partial charge in [0.15, 0.2) is 11.8 Å². The SMILES string of the molecule is CCNC(=NCc1nnc2n1CCC2)NCC(CC)Cc1cccc(Br)c1. The van der Waals surface area contributed by atoms with E-state index < -0.39 is 0 Å². The number of hydrogen-bond donors (Lipinski definition) is 2. The molecule has 0 saturated heterocycles. The molecule has 7 heteroatoms.